The Morgan fingerprint density at radius 1 is 1.06 bits per heavy atom. The SMILES string of the molecule is COc1ccc(C(=O)OCC(=O)Nc2c(C)cccc2C)cc1S(=O)(=O)N1CCCC1. The van der Waals surface area contributed by atoms with Crippen molar-refractivity contribution in [1.82, 2.24) is 4.31 Å². The van der Waals surface area contributed by atoms with Crippen molar-refractivity contribution in [2.24, 2.45) is 0 Å². The first kappa shape index (κ1) is 22.8. The first-order valence-corrected chi connectivity index (χ1v) is 11.4. The molecule has 3 rings (SSSR count). The van der Waals surface area contributed by atoms with Gasteiger partial charge in [0.1, 0.15) is 10.6 Å². The van der Waals surface area contributed by atoms with Crippen LogP contribution in [0.15, 0.2) is 41.3 Å². The van der Waals surface area contributed by atoms with E-state index in [9.17, 15) is 18.0 Å². The summed E-state index contributed by atoms with van der Waals surface area (Å²) >= 11 is 0. The molecule has 2 aromatic carbocycles. The zero-order chi connectivity index (χ0) is 22.6. The molecule has 0 unspecified atom stereocenters. The predicted octanol–water partition coefficient (Wildman–Crippen LogP) is 2.89. The molecule has 31 heavy (non-hydrogen) atoms. The zero-order valence-corrected chi connectivity index (χ0v) is 18.6. The summed E-state index contributed by atoms with van der Waals surface area (Å²) in [5, 5.41) is 2.74. The third-order valence-electron chi connectivity index (χ3n) is 5.16. The summed E-state index contributed by atoms with van der Waals surface area (Å²) in [6.07, 6.45) is 1.58. The molecule has 1 saturated heterocycles. The first-order chi connectivity index (χ1) is 14.7. The second kappa shape index (κ2) is 9.49. The standard InChI is InChI=1S/C22H26N2O6S/c1-15-7-6-8-16(2)21(15)23-20(25)14-30-22(26)17-9-10-18(29-3)19(13-17)31(27,28)24-11-4-5-12-24/h6-10,13H,4-5,11-12,14H2,1-3H3,(H,23,25). The van der Waals surface area contributed by atoms with Crippen molar-refractivity contribution in [3.05, 3.63) is 53.1 Å². The van der Waals surface area contributed by atoms with E-state index in [0.717, 1.165) is 24.0 Å². The van der Waals surface area contributed by atoms with Crippen LogP contribution >= 0.6 is 0 Å². The molecule has 1 N–H and O–H groups in total. The second-order valence-electron chi connectivity index (χ2n) is 7.37. The van der Waals surface area contributed by atoms with E-state index in [4.69, 9.17) is 9.47 Å². The number of carbonyl (C=O) groups excluding carboxylic acids is 2. The van der Waals surface area contributed by atoms with Crippen LogP contribution in [-0.4, -0.2) is 51.4 Å². The highest BCUT2D eigenvalue weighted by Gasteiger charge is 2.31. The Labute approximate surface area is 182 Å². The summed E-state index contributed by atoms with van der Waals surface area (Å²) in [6.45, 7) is 4.10. The lowest BCUT2D eigenvalue weighted by atomic mass is 10.1. The van der Waals surface area contributed by atoms with Crippen molar-refractivity contribution in [3.63, 3.8) is 0 Å². The molecule has 0 bridgehead atoms. The number of nitrogens with one attached hydrogen (secondary N) is 1. The van der Waals surface area contributed by atoms with Gasteiger partial charge in [0.2, 0.25) is 10.0 Å². The van der Waals surface area contributed by atoms with Crippen LogP contribution in [0, 0.1) is 13.8 Å². The maximum Gasteiger partial charge on any atom is 0.338 e. The molecule has 0 spiro atoms. The van der Waals surface area contributed by atoms with E-state index in [1.54, 1.807) is 0 Å². The highest BCUT2D eigenvalue weighted by molar-refractivity contribution is 7.89. The van der Waals surface area contributed by atoms with Crippen LogP contribution in [0.25, 0.3) is 0 Å². The minimum Gasteiger partial charge on any atom is -0.495 e. The van der Waals surface area contributed by atoms with Crippen LogP contribution in [0.2, 0.25) is 0 Å². The minimum atomic E-state index is -3.80. The van der Waals surface area contributed by atoms with Gasteiger partial charge in [-0.25, -0.2) is 13.2 Å². The average molecular weight is 447 g/mol. The first-order valence-electron chi connectivity index (χ1n) is 9.95. The van der Waals surface area contributed by atoms with Gasteiger partial charge in [-0.15, -0.1) is 0 Å². The Bertz CT molecular complexity index is 1070. The number of aryl methyl sites for hydroxylation is 2. The fourth-order valence-corrected chi connectivity index (χ4v) is 5.17. The zero-order valence-electron chi connectivity index (χ0n) is 17.8. The van der Waals surface area contributed by atoms with Crippen molar-refractivity contribution >= 4 is 27.6 Å². The number of sulfonamides is 1. The number of ether oxygens (including phenoxy) is 2. The van der Waals surface area contributed by atoms with Crippen molar-refractivity contribution in [1.29, 1.82) is 0 Å². The Morgan fingerprint density at radius 2 is 1.71 bits per heavy atom. The average Bonchev–Trinajstić information content (AvgIpc) is 3.30. The van der Waals surface area contributed by atoms with Crippen LogP contribution in [0.4, 0.5) is 5.69 Å². The third kappa shape index (κ3) is 5.05. The van der Waals surface area contributed by atoms with Gasteiger partial charge in [0.15, 0.2) is 6.61 Å². The van der Waals surface area contributed by atoms with Crippen LogP contribution < -0.4 is 10.1 Å². The molecule has 1 amide bonds. The largest absolute Gasteiger partial charge is 0.495 e. The monoisotopic (exact) mass is 446 g/mol. The molecule has 0 radical (unpaired) electrons. The number of benzene rings is 2. The molecule has 1 heterocycles. The molecular weight excluding hydrogens is 420 g/mol. The molecule has 1 aliphatic heterocycles. The van der Waals surface area contributed by atoms with Gasteiger partial charge in [-0.2, -0.15) is 4.31 Å². The van der Waals surface area contributed by atoms with Gasteiger partial charge >= 0.3 is 5.97 Å². The maximum atomic E-state index is 13.0. The van der Waals surface area contributed by atoms with E-state index in [1.807, 2.05) is 32.0 Å². The summed E-state index contributed by atoms with van der Waals surface area (Å²) in [4.78, 5) is 24.6. The van der Waals surface area contributed by atoms with Gasteiger partial charge in [0.25, 0.3) is 5.91 Å². The molecule has 1 fully saturated rings. The molecule has 0 saturated carbocycles. The van der Waals surface area contributed by atoms with Gasteiger partial charge in [-0.3, -0.25) is 4.79 Å². The summed E-state index contributed by atoms with van der Waals surface area (Å²) < 4.78 is 37.6. The van der Waals surface area contributed by atoms with Crippen LogP contribution in [0.1, 0.15) is 34.3 Å². The fraction of sp³-hybridized carbons (Fsp3) is 0.364. The lowest BCUT2D eigenvalue weighted by molar-refractivity contribution is -0.119. The van der Waals surface area contributed by atoms with Crippen LogP contribution in [-0.2, 0) is 19.6 Å². The highest BCUT2D eigenvalue weighted by Crippen LogP contribution is 2.30. The third-order valence-corrected chi connectivity index (χ3v) is 7.08. The van der Waals surface area contributed by atoms with Crippen molar-refractivity contribution in [2.45, 2.75) is 31.6 Å². The number of carbonyl (C=O) groups is 2. The summed E-state index contributed by atoms with van der Waals surface area (Å²) in [6, 6.07) is 9.68. The van der Waals surface area contributed by atoms with E-state index in [2.05, 4.69) is 5.32 Å². The maximum absolute atomic E-state index is 13.0. The molecule has 0 atom stereocenters. The molecular formula is C22H26N2O6S. The number of methoxy groups -OCH3 is 1. The summed E-state index contributed by atoms with van der Waals surface area (Å²) in [5.41, 5.74) is 2.49. The quantitative estimate of drug-likeness (QED) is 0.656. The second-order valence-corrected chi connectivity index (χ2v) is 9.27. The van der Waals surface area contributed by atoms with Crippen molar-refractivity contribution in [3.8, 4) is 5.75 Å². The smallest absolute Gasteiger partial charge is 0.338 e. The molecule has 1 aliphatic rings. The number of anilines is 1. The molecule has 8 nitrogen and oxygen atoms in total. The number of esters is 1. The van der Waals surface area contributed by atoms with Crippen LogP contribution in [0.5, 0.6) is 5.75 Å². The van der Waals surface area contributed by atoms with E-state index in [1.165, 1.54) is 29.6 Å². The van der Waals surface area contributed by atoms with Crippen LogP contribution in [0.3, 0.4) is 0 Å². The van der Waals surface area contributed by atoms with Gasteiger partial charge in [-0.05, 0) is 56.0 Å². The molecule has 0 aliphatic carbocycles. The van der Waals surface area contributed by atoms with Crippen molar-refractivity contribution in [2.75, 3.05) is 32.1 Å². The lowest BCUT2D eigenvalue weighted by Crippen LogP contribution is -2.28. The molecule has 9 heteroatoms. The summed E-state index contributed by atoms with van der Waals surface area (Å²) in [5.74, 6) is -1.13. The Balaban J connectivity index is 1.72. The Kier molecular flexibility index (Phi) is 6.97. The molecule has 0 aromatic heterocycles. The minimum absolute atomic E-state index is 0.0263. The normalized spacial score (nSPS) is 14.3. The Hall–Kier alpha value is -2.91. The van der Waals surface area contributed by atoms with Crippen molar-refractivity contribution < 1.29 is 27.5 Å². The van der Waals surface area contributed by atoms with E-state index in [0.29, 0.717) is 18.8 Å². The number of para-hydroxylation sites is 1. The van der Waals surface area contributed by atoms with Gasteiger partial charge in [0.05, 0.1) is 12.7 Å². The van der Waals surface area contributed by atoms with Gasteiger partial charge < -0.3 is 14.8 Å². The molecule has 2 aromatic rings. The number of hydrogen-bond donors (Lipinski definition) is 1. The number of amides is 1. The number of nitrogens with zero attached hydrogens (tertiary/aromatic N) is 1. The number of hydrogen-bond acceptors (Lipinski definition) is 6. The van der Waals surface area contributed by atoms with Gasteiger partial charge in [0, 0.05) is 18.8 Å². The topological polar surface area (TPSA) is 102 Å². The van der Waals surface area contributed by atoms with Gasteiger partial charge in [-0.1, -0.05) is 18.2 Å². The fourth-order valence-electron chi connectivity index (χ4n) is 3.47. The van der Waals surface area contributed by atoms with E-state index < -0.39 is 28.5 Å². The van der Waals surface area contributed by atoms with E-state index >= 15 is 0 Å². The lowest BCUT2D eigenvalue weighted by Gasteiger charge is -2.18. The Morgan fingerprint density at radius 3 is 2.32 bits per heavy atom. The number of rotatable bonds is 7. The predicted molar refractivity (Wildman–Crippen MR) is 116 cm³/mol. The molecule has 166 valence electrons. The van der Waals surface area contributed by atoms with E-state index in [-0.39, 0.29) is 16.2 Å². The summed E-state index contributed by atoms with van der Waals surface area (Å²) in [7, 11) is -2.43. The highest BCUT2D eigenvalue weighted by atomic mass is 32.2.